The van der Waals surface area contributed by atoms with Crippen LogP contribution >= 0.6 is 0 Å². The molecule has 0 radical (unpaired) electrons. The van der Waals surface area contributed by atoms with Crippen molar-refractivity contribution >= 4 is 11.4 Å². The lowest BCUT2D eigenvalue weighted by atomic mass is 10.0. The number of aromatic nitrogens is 4. The molecule has 0 saturated carbocycles. The van der Waals surface area contributed by atoms with Gasteiger partial charge in [-0.2, -0.15) is 0 Å². The maximum Gasteiger partial charge on any atom is 0.268 e. The zero-order valence-corrected chi connectivity index (χ0v) is 20.5. The van der Waals surface area contributed by atoms with E-state index in [2.05, 4.69) is 34.1 Å². The maximum absolute atomic E-state index is 13.4. The third-order valence-electron chi connectivity index (χ3n) is 5.69. The van der Waals surface area contributed by atoms with Gasteiger partial charge in [-0.3, -0.25) is 14.0 Å². The molecule has 4 aromatic rings. The number of carbonyl (C=O) groups is 1. The molecule has 0 aliphatic rings. The van der Waals surface area contributed by atoms with Gasteiger partial charge in [-0.1, -0.05) is 13.8 Å². The molecule has 0 unspecified atom stereocenters. The molecule has 2 N–H and O–H groups in total. The fourth-order valence-corrected chi connectivity index (χ4v) is 3.97. The normalized spacial score (nSPS) is 11.1. The van der Waals surface area contributed by atoms with Crippen LogP contribution in [0.1, 0.15) is 54.1 Å². The Bertz CT molecular complexity index is 1420. The molecular formula is C26H29N5O4. The Labute approximate surface area is 203 Å². The predicted octanol–water partition coefficient (Wildman–Crippen LogP) is 3.85. The molecule has 4 aromatic heterocycles. The Hall–Kier alpha value is -4.14. The summed E-state index contributed by atoms with van der Waals surface area (Å²) in [6.45, 7) is 8.18. The van der Waals surface area contributed by atoms with Crippen molar-refractivity contribution < 1.29 is 14.3 Å². The molecule has 9 nitrogen and oxygen atoms in total. The molecule has 0 fully saturated rings. The summed E-state index contributed by atoms with van der Waals surface area (Å²) >= 11 is 0. The number of H-pyrrole nitrogens is 1. The van der Waals surface area contributed by atoms with Crippen LogP contribution < -0.4 is 20.3 Å². The van der Waals surface area contributed by atoms with Gasteiger partial charge in [0, 0.05) is 23.5 Å². The van der Waals surface area contributed by atoms with Crippen molar-refractivity contribution in [1.29, 1.82) is 0 Å². The number of hydrogen-bond acceptors (Lipinski definition) is 6. The van der Waals surface area contributed by atoms with E-state index in [-0.39, 0.29) is 23.9 Å². The summed E-state index contributed by atoms with van der Waals surface area (Å²) in [5.41, 5.74) is 4.55. The van der Waals surface area contributed by atoms with Crippen LogP contribution in [-0.2, 0) is 6.54 Å². The molecule has 0 aliphatic heterocycles. The summed E-state index contributed by atoms with van der Waals surface area (Å²) in [5, 5.41) is 2.88. The van der Waals surface area contributed by atoms with Crippen molar-refractivity contribution in [2.45, 2.75) is 40.2 Å². The zero-order chi connectivity index (χ0) is 25.1. The molecule has 4 heterocycles. The van der Waals surface area contributed by atoms with Crippen LogP contribution in [0.4, 0.5) is 0 Å². The second-order valence-corrected chi connectivity index (χ2v) is 8.50. The minimum absolute atomic E-state index is 0.0192. The van der Waals surface area contributed by atoms with E-state index in [1.54, 1.807) is 49.2 Å². The van der Waals surface area contributed by atoms with E-state index in [9.17, 15) is 9.59 Å². The van der Waals surface area contributed by atoms with E-state index < -0.39 is 0 Å². The number of aryl methyl sites for hydroxylation is 1. The SMILES string of the molecule is CCOc1cc(C)[nH]c(=O)c1CNC(=O)c1cc(-c2ccc(OC)nc2)cc2c(C(C)C)ncn12. The lowest BCUT2D eigenvalue weighted by molar-refractivity contribution is 0.0944. The highest BCUT2D eigenvalue weighted by Gasteiger charge is 2.19. The summed E-state index contributed by atoms with van der Waals surface area (Å²) in [4.78, 5) is 37.6. The van der Waals surface area contributed by atoms with E-state index in [0.29, 0.717) is 35.2 Å². The molecule has 0 aromatic carbocycles. The largest absolute Gasteiger partial charge is 0.493 e. The van der Waals surface area contributed by atoms with Gasteiger partial charge in [-0.05, 0) is 49.6 Å². The number of amides is 1. The van der Waals surface area contributed by atoms with E-state index in [1.165, 1.54) is 0 Å². The molecular weight excluding hydrogens is 446 g/mol. The number of pyridine rings is 3. The minimum atomic E-state index is -0.339. The van der Waals surface area contributed by atoms with E-state index in [0.717, 1.165) is 22.3 Å². The third-order valence-corrected chi connectivity index (χ3v) is 5.69. The van der Waals surface area contributed by atoms with Gasteiger partial charge in [0.1, 0.15) is 17.8 Å². The smallest absolute Gasteiger partial charge is 0.268 e. The molecule has 4 rings (SSSR count). The molecule has 0 bridgehead atoms. The highest BCUT2D eigenvalue weighted by molar-refractivity contribution is 5.95. The van der Waals surface area contributed by atoms with Crippen molar-refractivity contribution in [3.8, 4) is 22.8 Å². The number of rotatable bonds is 8. The number of ether oxygens (including phenoxy) is 2. The second kappa shape index (κ2) is 10.0. The van der Waals surface area contributed by atoms with E-state index in [4.69, 9.17) is 9.47 Å². The number of methoxy groups -OCH3 is 1. The van der Waals surface area contributed by atoms with Crippen LogP contribution in [0.5, 0.6) is 11.6 Å². The van der Waals surface area contributed by atoms with Crippen molar-refractivity contribution in [1.82, 2.24) is 24.7 Å². The van der Waals surface area contributed by atoms with Gasteiger partial charge in [-0.25, -0.2) is 9.97 Å². The Kier molecular flexibility index (Phi) is 6.86. The molecule has 1 amide bonds. The van der Waals surface area contributed by atoms with Gasteiger partial charge in [0.15, 0.2) is 0 Å². The number of aromatic amines is 1. The molecule has 0 aliphatic carbocycles. The minimum Gasteiger partial charge on any atom is -0.493 e. The van der Waals surface area contributed by atoms with E-state index >= 15 is 0 Å². The number of hydrogen-bond donors (Lipinski definition) is 2. The lowest BCUT2D eigenvalue weighted by Gasteiger charge is -2.13. The number of nitrogens with zero attached hydrogens (tertiary/aromatic N) is 3. The fraction of sp³-hybridized carbons (Fsp3) is 0.308. The van der Waals surface area contributed by atoms with Gasteiger partial charge < -0.3 is 19.8 Å². The average Bonchev–Trinajstić information content (AvgIpc) is 3.27. The molecule has 0 saturated heterocycles. The molecule has 35 heavy (non-hydrogen) atoms. The third kappa shape index (κ3) is 4.89. The van der Waals surface area contributed by atoms with Crippen LogP contribution in [-0.4, -0.2) is 39.0 Å². The lowest BCUT2D eigenvalue weighted by Crippen LogP contribution is -2.29. The van der Waals surface area contributed by atoms with Crippen LogP contribution in [0.3, 0.4) is 0 Å². The number of carbonyl (C=O) groups excluding carboxylic acids is 1. The summed E-state index contributed by atoms with van der Waals surface area (Å²) in [7, 11) is 1.56. The van der Waals surface area contributed by atoms with Crippen molar-refractivity contribution in [3.05, 3.63) is 75.9 Å². The first-order valence-electron chi connectivity index (χ1n) is 11.5. The second-order valence-electron chi connectivity index (χ2n) is 8.50. The van der Waals surface area contributed by atoms with Gasteiger partial charge in [-0.15, -0.1) is 0 Å². The molecule has 9 heteroatoms. The van der Waals surface area contributed by atoms with Crippen LogP contribution in [0.15, 0.2) is 47.7 Å². The summed E-state index contributed by atoms with van der Waals surface area (Å²) in [6.07, 6.45) is 3.36. The number of nitrogens with one attached hydrogen (secondary N) is 2. The molecule has 0 spiro atoms. The first-order chi connectivity index (χ1) is 16.8. The van der Waals surface area contributed by atoms with Crippen LogP contribution in [0, 0.1) is 6.92 Å². The standard InChI is InChI=1S/C26H29N5O4/c1-6-35-22-9-16(4)30-25(32)19(22)13-28-26(33)21-11-18(17-7-8-23(34-5)27-12-17)10-20-24(15(2)3)29-14-31(20)21/h7-12,14-15H,6,13H2,1-5H3,(H,28,33)(H,30,32). The van der Waals surface area contributed by atoms with Crippen molar-refractivity contribution in [2.75, 3.05) is 13.7 Å². The first-order valence-corrected chi connectivity index (χ1v) is 11.5. The van der Waals surface area contributed by atoms with Crippen molar-refractivity contribution in [2.24, 2.45) is 0 Å². The summed E-state index contributed by atoms with van der Waals surface area (Å²) < 4.78 is 12.6. The molecule has 182 valence electrons. The highest BCUT2D eigenvalue weighted by Crippen LogP contribution is 2.28. The number of fused-ring (bicyclic) bond motifs is 1. The summed E-state index contributed by atoms with van der Waals surface area (Å²) in [5.74, 6) is 0.795. The van der Waals surface area contributed by atoms with E-state index in [1.807, 2.05) is 19.1 Å². The van der Waals surface area contributed by atoms with Gasteiger partial charge in [0.25, 0.3) is 11.5 Å². The monoisotopic (exact) mass is 475 g/mol. The first kappa shape index (κ1) is 24.0. The topological polar surface area (TPSA) is 111 Å². The maximum atomic E-state index is 13.4. The Morgan fingerprint density at radius 2 is 1.97 bits per heavy atom. The van der Waals surface area contributed by atoms with Gasteiger partial charge in [0.05, 0.1) is 37.0 Å². The van der Waals surface area contributed by atoms with Crippen LogP contribution in [0.2, 0.25) is 0 Å². The molecule has 0 atom stereocenters. The number of imidazole rings is 1. The predicted molar refractivity (Wildman–Crippen MR) is 133 cm³/mol. The average molecular weight is 476 g/mol. The van der Waals surface area contributed by atoms with Crippen LogP contribution in [0.25, 0.3) is 16.6 Å². The summed E-state index contributed by atoms with van der Waals surface area (Å²) in [6, 6.07) is 9.22. The Morgan fingerprint density at radius 1 is 1.17 bits per heavy atom. The quantitative estimate of drug-likeness (QED) is 0.400. The van der Waals surface area contributed by atoms with Gasteiger partial charge in [0.2, 0.25) is 5.88 Å². The Balaban J connectivity index is 1.74. The van der Waals surface area contributed by atoms with Crippen molar-refractivity contribution in [3.63, 3.8) is 0 Å². The van der Waals surface area contributed by atoms with Gasteiger partial charge >= 0.3 is 0 Å². The Morgan fingerprint density at radius 3 is 2.63 bits per heavy atom. The fourth-order valence-electron chi connectivity index (χ4n) is 3.97. The highest BCUT2D eigenvalue weighted by atomic mass is 16.5. The zero-order valence-electron chi connectivity index (χ0n) is 20.5.